The van der Waals surface area contributed by atoms with E-state index in [9.17, 15) is 18.0 Å². The van der Waals surface area contributed by atoms with E-state index in [1.165, 1.54) is 24.3 Å². The van der Waals surface area contributed by atoms with Crippen molar-refractivity contribution >= 4 is 27.6 Å². The van der Waals surface area contributed by atoms with Crippen LogP contribution in [-0.4, -0.2) is 31.9 Å². The minimum absolute atomic E-state index is 0.0253. The highest BCUT2D eigenvalue weighted by atomic mass is 32.2. The predicted octanol–water partition coefficient (Wildman–Crippen LogP) is 2.72. The maximum atomic E-state index is 12.4. The number of anilines is 1. The number of rotatable bonds is 9. The van der Waals surface area contributed by atoms with Gasteiger partial charge in [0, 0.05) is 17.8 Å². The average Bonchev–Trinajstić information content (AvgIpc) is 2.65. The highest BCUT2D eigenvalue weighted by Gasteiger charge is 2.18. The van der Waals surface area contributed by atoms with Crippen LogP contribution < -0.4 is 10.0 Å². The largest absolute Gasteiger partial charge is 0.481 e. The Hall–Kier alpha value is -2.87. The Balaban J connectivity index is 2.03. The van der Waals surface area contributed by atoms with Gasteiger partial charge in [-0.25, -0.2) is 8.42 Å². The molecule has 1 atom stereocenters. The van der Waals surface area contributed by atoms with E-state index in [2.05, 4.69) is 10.0 Å². The second-order valence-electron chi connectivity index (χ2n) is 6.03. The van der Waals surface area contributed by atoms with Crippen LogP contribution in [0.25, 0.3) is 0 Å². The molecule has 0 spiro atoms. The van der Waals surface area contributed by atoms with Crippen molar-refractivity contribution in [3.8, 4) is 0 Å². The monoisotopic (exact) mass is 390 g/mol. The van der Waals surface area contributed by atoms with E-state index >= 15 is 0 Å². The lowest BCUT2D eigenvalue weighted by molar-refractivity contribution is -0.141. The minimum atomic E-state index is -3.76. The van der Waals surface area contributed by atoms with Gasteiger partial charge in [-0.2, -0.15) is 0 Å². The fraction of sp³-hybridized carbons (Fsp3) is 0.263. The first kappa shape index (κ1) is 20.4. The third-order valence-corrected chi connectivity index (χ3v) is 5.35. The highest BCUT2D eigenvalue weighted by molar-refractivity contribution is 7.92. The van der Waals surface area contributed by atoms with E-state index in [1.54, 1.807) is 30.3 Å². The SMILES string of the molecule is CCCC(CNC(=O)c1ccc(S(=O)(=O)Nc2ccccc2)cc1)C(=O)O. The molecule has 1 amide bonds. The molecule has 3 N–H and O–H groups in total. The number of hydrogen-bond acceptors (Lipinski definition) is 4. The van der Waals surface area contributed by atoms with Gasteiger partial charge in [-0.05, 0) is 42.8 Å². The summed E-state index contributed by atoms with van der Waals surface area (Å²) in [5, 5.41) is 11.7. The van der Waals surface area contributed by atoms with Gasteiger partial charge in [-0.15, -0.1) is 0 Å². The topological polar surface area (TPSA) is 113 Å². The quantitative estimate of drug-likeness (QED) is 0.609. The van der Waals surface area contributed by atoms with Crippen LogP contribution >= 0.6 is 0 Å². The Kier molecular flexibility index (Phi) is 6.95. The Morgan fingerprint density at radius 3 is 2.22 bits per heavy atom. The van der Waals surface area contributed by atoms with Crippen molar-refractivity contribution in [1.29, 1.82) is 0 Å². The Morgan fingerprint density at radius 2 is 1.67 bits per heavy atom. The first-order chi connectivity index (χ1) is 12.8. The van der Waals surface area contributed by atoms with Crippen molar-refractivity contribution in [2.75, 3.05) is 11.3 Å². The standard InChI is InChI=1S/C19H22N2O5S/c1-2-6-15(19(23)24)13-20-18(22)14-9-11-17(12-10-14)27(25,26)21-16-7-4-3-5-8-16/h3-5,7-12,15,21H,2,6,13H2,1H3,(H,20,22)(H,23,24). The third kappa shape index (κ3) is 5.82. The predicted molar refractivity (Wildman–Crippen MR) is 102 cm³/mol. The van der Waals surface area contributed by atoms with Gasteiger partial charge in [0.25, 0.3) is 15.9 Å². The number of benzene rings is 2. The fourth-order valence-electron chi connectivity index (χ4n) is 2.49. The zero-order chi connectivity index (χ0) is 19.9. The minimum Gasteiger partial charge on any atom is -0.481 e. The number of carbonyl (C=O) groups is 2. The molecule has 0 heterocycles. The molecule has 144 valence electrons. The first-order valence-electron chi connectivity index (χ1n) is 8.52. The number of hydrogen-bond donors (Lipinski definition) is 3. The van der Waals surface area contributed by atoms with Crippen molar-refractivity contribution in [3.05, 3.63) is 60.2 Å². The van der Waals surface area contributed by atoms with Gasteiger partial charge in [0.2, 0.25) is 0 Å². The molecule has 8 heteroatoms. The van der Waals surface area contributed by atoms with E-state index in [4.69, 9.17) is 5.11 Å². The summed E-state index contributed by atoms with van der Waals surface area (Å²) in [6.45, 7) is 1.90. The zero-order valence-electron chi connectivity index (χ0n) is 14.9. The molecule has 0 aliphatic heterocycles. The summed E-state index contributed by atoms with van der Waals surface area (Å²) in [4.78, 5) is 23.3. The second kappa shape index (κ2) is 9.18. The van der Waals surface area contributed by atoms with Crippen LogP contribution in [0.2, 0.25) is 0 Å². The molecule has 7 nitrogen and oxygen atoms in total. The zero-order valence-corrected chi connectivity index (χ0v) is 15.7. The maximum Gasteiger partial charge on any atom is 0.308 e. The molecule has 0 saturated carbocycles. The van der Waals surface area contributed by atoms with Gasteiger partial charge in [-0.1, -0.05) is 31.5 Å². The van der Waals surface area contributed by atoms with Gasteiger partial charge in [0.1, 0.15) is 0 Å². The molecule has 2 rings (SSSR count). The van der Waals surface area contributed by atoms with Crippen LogP contribution in [0, 0.1) is 5.92 Å². The number of nitrogens with one attached hydrogen (secondary N) is 2. The fourth-order valence-corrected chi connectivity index (χ4v) is 3.54. The lowest BCUT2D eigenvalue weighted by atomic mass is 10.0. The molecule has 0 bridgehead atoms. The Labute approximate surface area is 158 Å². The van der Waals surface area contributed by atoms with Crippen LogP contribution in [-0.2, 0) is 14.8 Å². The molecule has 27 heavy (non-hydrogen) atoms. The van der Waals surface area contributed by atoms with Crippen molar-refractivity contribution in [3.63, 3.8) is 0 Å². The van der Waals surface area contributed by atoms with Crippen LogP contribution in [0.1, 0.15) is 30.1 Å². The number of amides is 1. The third-order valence-electron chi connectivity index (χ3n) is 3.95. The van der Waals surface area contributed by atoms with E-state index in [0.29, 0.717) is 18.5 Å². The summed E-state index contributed by atoms with van der Waals surface area (Å²) in [7, 11) is -3.76. The molecule has 2 aromatic carbocycles. The first-order valence-corrected chi connectivity index (χ1v) is 10.0. The Morgan fingerprint density at radius 1 is 1.04 bits per heavy atom. The molecule has 2 aromatic rings. The van der Waals surface area contributed by atoms with Crippen molar-refractivity contribution in [2.24, 2.45) is 5.92 Å². The van der Waals surface area contributed by atoms with Crippen LogP contribution in [0.15, 0.2) is 59.5 Å². The summed E-state index contributed by atoms with van der Waals surface area (Å²) in [6.07, 6.45) is 1.17. The molecule has 0 fully saturated rings. The molecule has 0 saturated heterocycles. The van der Waals surface area contributed by atoms with Crippen molar-refractivity contribution in [2.45, 2.75) is 24.7 Å². The lowest BCUT2D eigenvalue weighted by Crippen LogP contribution is -2.32. The average molecular weight is 390 g/mol. The van der Waals surface area contributed by atoms with Crippen molar-refractivity contribution in [1.82, 2.24) is 5.32 Å². The van der Waals surface area contributed by atoms with Crippen LogP contribution in [0.4, 0.5) is 5.69 Å². The molecule has 0 aliphatic carbocycles. The summed E-state index contributed by atoms with van der Waals surface area (Å²) in [5.41, 5.74) is 0.698. The smallest absolute Gasteiger partial charge is 0.308 e. The number of carboxylic acids is 1. The summed E-state index contributed by atoms with van der Waals surface area (Å²) in [5.74, 6) is -2.04. The van der Waals surface area contributed by atoms with Gasteiger partial charge in [0.05, 0.1) is 10.8 Å². The van der Waals surface area contributed by atoms with Crippen LogP contribution in [0.3, 0.4) is 0 Å². The number of aliphatic carboxylic acids is 1. The molecular weight excluding hydrogens is 368 g/mol. The van der Waals surface area contributed by atoms with Gasteiger partial charge < -0.3 is 10.4 Å². The van der Waals surface area contributed by atoms with E-state index in [0.717, 1.165) is 0 Å². The molecule has 0 radical (unpaired) electrons. The normalized spacial score (nSPS) is 12.2. The lowest BCUT2D eigenvalue weighted by Gasteiger charge is -2.12. The second-order valence-corrected chi connectivity index (χ2v) is 7.71. The summed E-state index contributed by atoms with van der Waals surface area (Å²) >= 11 is 0. The van der Waals surface area contributed by atoms with Crippen LogP contribution in [0.5, 0.6) is 0 Å². The highest BCUT2D eigenvalue weighted by Crippen LogP contribution is 2.16. The number of carboxylic acid groups (broad SMARTS) is 1. The van der Waals surface area contributed by atoms with E-state index < -0.39 is 27.8 Å². The Bertz CT molecular complexity index is 880. The summed E-state index contributed by atoms with van der Waals surface area (Å²) < 4.78 is 27.2. The van der Waals surface area contributed by atoms with Gasteiger partial charge >= 0.3 is 5.97 Å². The van der Waals surface area contributed by atoms with Gasteiger partial charge in [-0.3, -0.25) is 14.3 Å². The molecule has 0 aliphatic rings. The molecule has 1 unspecified atom stereocenters. The molecule has 0 aromatic heterocycles. The molecular formula is C19H22N2O5S. The number of para-hydroxylation sites is 1. The van der Waals surface area contributed by atoms with Crippen molar-refractivity contribution < 1.29 is 23.1 Å². The van der Waals surface area contributed by atoms with Gasteiger partial charge in [0.15, 0.2) is 0 Å². The number of sulfonamides is 1. The summed E-state index contributed by atoms with van der Waals surface area (Å²) in [6, 6.07) is 13.9. The van der Waals surface area contributed by atoms with E-state index in [-0.39, 0.29) is 17.0 Å². The van der Waals surface area contributed by atoms with E-state index in [1.807, 2.05) is 6.92 Å². The number of carbonyl (C=O) groups excluding carboxylic acids is 1. The maximum absolute atomic E-state index is 12.4.